The number of alkyl halides is 2. The van der Waals surface area contributed by atoms with Crippen molar-refractivity contribution in [2.75, 3.05) is 5.32 Å². The lowest BCUT2D eigenvalue weighted by Gasteiger charge is -2.07. The van der Waals surface area contributed by atoms with Crippen LogP contribution in [0.25, 0.3) is 16.9 Å². The first-order chi connectivity index (χ1) is 14.8. The summed E-state index contributed by atoms with van der Waals surface area (Å²) in [6, 6.07) is 15.4. The molecular weight excluding hydrogens is 424 g/mol. The molecule has 2 aromatic carbocycles. The van der Waals surface area contributed by atoms with Gasteiger partial charge in [-0.2, -0.15) is 8.78 Å². The number of carbonyl (C=O) groups excluding carboxylic acids is 1. The molecule has 0 saturated heterocycles. The Morgan fingerprint density at radius 3 is 2.32 bits per heavy atom. The second-order valence-electron chi connectivity index (χ2n) is 6.91. The van der Waals surface area contributed by atoms with Gasteiger partial charge in [0.05, 0.1) is 10.6 Å². The smallest absolute Gasteiger partial charge is 0.322 e. The minimum atomic E-state index is -4.69. The van der Waals surface area contributed by atoms with Gasteiger partial charge in [-0.3, -0.25) is 4.79 Å². The minimum Gasteiger partial charge on any atom is -0.322 e. The Morgan fingerprint density at radius 2 is 1.71 bits per heavy atom. The van der Waals surface area contributed by atoms with E-state index in [0.717, 1.165) is 34.6 Å². The number of rotatable bonds is 5. The molecule has 1 N–H and O–H groups in total. The highest BCUT2D eigenvalue weighted by molar-refractivity contribution is 7.91. The van der Waals surface area contributed by atoms with E-state index in [9.17, 15) is 22.0 Å². The molecule has 0 atom stereocenters. The molecule has 6 nitrogen and oxygen atoms in total. The fraction of sp³-hybridized carbons (Fsp3) is 0.0909. The molecule has 0 fully saturated rings. The molecule has 0 bridgehead atoms. The number of nitrogens with zero attached hydrogens (tertiary/aromatic N) is 2. The Labute approximate surface area is 177 Å². The van der Waals surface area contributed by atoms with Gasteiger partial charge in [0.1, 0.15) is 5.65 Å². The third kappa shape index (κ3) is 4.04. The highest BCUT2D eigenvalue weighted by atomic mass is 32.2. The third-order valence-corrected chi connectivity index (χ3v) is 6.19. The number of benzene rings is 2. The zero-order valence-corrected chi connectivity index (χ0v) is 17.1. The molecule has 9 heteroatoms. The topological polar surface area (TPSA) is 80.5 Å². The molecule has 158 valence electrons. The molecule has 0 unspecified atom stereocenters. The number of amides is 1. The van der Waals surface area contributed by atoms with Crippen LogP contribution in [0.3, 0.4) is 0 Å². The molecule has 0 radical (unpaired) electrons. The molecule has 4 rings (SSSR count). The summed E-state index contributed by atoms with van der Waals surface area (Å²) < 4.78 is 50.1. The molecule has 0 saturated carbocycles. The van der Waals surface area contributed by atoms with E-state index in [4.69, 9.17) is 0 Å². The predicted molar refractivity (Wildman–Crippen MR) is 113 cm³/mol. The quantitative estimate of drug-likeness (QED) is 0.492. The summed E-state index contributed by atoms with van der Waals surface area (Å²) in [6.07, 6.45) is 3.84. The average molecular weight is 441 g/mol. The molecule has 0 aliphatic rings. The third-order valence-electron chi connectivity index (χ3n) is 4.80. The van der Waals surface area contributed by atoms with Crippen molar-refractivity contribution < 1.29 is 22.0 Å². The van der Waals surface area contributed by atoms with Gasteiger partial charge < -0.3 is 9.72 Å². The zero-order chi connectivity index (χ0) is 22.2. The zero-order valence-electron chi connectivity index (χ0n) is 16.3. The van der Waals surface area contributed by atoms with Gasteiger partial charge in [-0.15, -0.1) is 0 Å². The first kappa shape index (κ1) is 20.7. The summed E-state index contributed by atoms with van der Waals surface area (Å²) >= 11 is 0. The molecule has 31 heavy (non-hydrogen) atoms. The van der Waals surface area contributed by atoms with Crippen molar-refractivity contribution in [2.45, 2.75) is 17.6 Å². The van der Waals surface area contributed by atoms with Crippen molar-refractivity contribution in [3.63, 3.8) is 0 Å². The van der Waals surface area contributed by atoms with Crippen molar-refractivity contribution in [3.8, 4) is 11.3 Å². The lowest BCUT2D eigenvalue weighted by Crippen LogP contribution is -2.14. The van der Waals surface area contributed by atoms with Crippen LogP contribution < -0.4 is 5.32 Å². The van der Waals surface area contributed by atoms with Crippen LogP contribution in [0, 0.1) is 6.92 Å². The lowest BCUT2D eigenvalue weighted by atomic mass is 10.1. The summed E-state index contributed by atoms with van der Waals surface area (Å²) in [5, 5.41) is 2.69. The van der Waals surface area contributed by atoms with Gasteiger partial charge in [-0.05, 0) is 55.0 Å². The monoisotopic (exact) mass is 441 g/mol. The van der Waals surface area contributed by atoms with Crippen molar-refractivity contribution in [2.24, 2.45) is 0 Å². The van der Waals surface area contributed by atoms with E-state index < -0.39 is 26.4 Å². The number of carbonyl (C=O) groups is 1. The SMILES string of the molecule is Cc1cccn2cc(-c3ccc(NC(=O)c4ccc(S(=O)(=O)C(F)F)cc4)cc3)nc12. The van der Waals surface area contributed by atoms with E-state index in [1.165, 1.54) is 12.1 Å². The molecule has 2 heterocycles. The standard InChI is InChI=1S/C22H17F2N3O3S/c1-14-3-2-12-27-13-19(26-20(14)27)15-4-8-17(9-5-15)25-21(28)16-6-10-18(11-7-16)31(29,30)22(23)24/h2-13,22H,1H3,(H,25,28). The number of imidazole rings is 1. The maximum atomic E-state index is 12.6. The maximum Gasteiger partial charge on any atom is 0.341 e. The largest absolute Gasteiger partial charge is 0.341 e. The van der Waals surface area contributed by atoms with E-state index >= 15 is 0 Å². The van der Waals surface area contributed by atoms with Crippen LogP contribution in [-0.4, -0.2) is 29.5 Å². The van der Waals surface area contributed by atoms with Crippen molar-refractivity contribution in [1.29, 1.82) is 0 Å². The summed E-state index contributed by atoms with van der Waals surface area (Å²) in [4.78, 5) is 16.5. The number of hydrogen-bond acceptors (Lipinski definition) is 4. The molecule has 4 aromatic rings. The first-order valence-electron chi connectivity index (χ1n) is 9.24. The van der Waals surface area contributed by atoms with Crippen LogP contribution in [0.2, 0.25) is 0 Å². The van der Waals surface area contributed by atoms with Crippen molar-refractivity contribution >= 4 is 27.1 Å². The second-order valence-corrected chi connectivity index (χ2v) is 8.83. The summed E-state index contributed by atoms with van der Waals surface area (Å²) in [6.45, 7) is 1.99. The second kappa shape index (κ2) is 7.92. The Morgan fingerprint density at radius 1 is 1.03 bits per heavy atom. The van der Waals surface area contributed by atoms with Crippen LogP contribution in [-0.2, 0) is 9.84 Å². The number of nitrogens with one attached hydrogen (secondary N) is 1. The van der Waals surface area contributed by atoms with Gasteiger partial charge in [0.15, 0.2) is 0 Å². The van der Waals surface area contributed by atoms with Crippen LogP contribution in [0.5, 0.6) is 0 Å². The van der Waals surface area contributed by atoms with E-state index in [0.29, 0.717) is 5.69 Å². The minimum absolute atomic E-state index is 0.146. The molecule has 2 aromatic heterocycles. The number of sulfone groups is 1. The molecule has 0 aliphatic heterocycles. The van der Waals surface area contributed by atoms with E-state index in [2.05, 4.69) is 10.3 Å². The molecule has 0 aliphatic carbocycles. The number of anilines is 1. The average Bonchev–Trinajstić information content (AvgIpc) is 3.20. The van der Waals surface area contributed by atoms with Gasteiger partial charge >= 0.3 is 5.76 Å². The van der Waals surface area contributed by atoms with Crippen molar-refractivity contribution in [1.82, 2.24) is 9.38 Å². The van der Waals surface area contributed by atoms with Crippen molar-refractivity contribution in [3.05, 3.63) is 84.2 Å². The number of pyridine rings is 1. The Bertz CT molecular complexity index is 1360. The van der Waals surface area contributed by atoms with Gasteiger partial charge in [0.25, 0.3) is 5.91 Å². The Hall–Kier alpha value is -3.59. The predicted octanol–water partition coefficient (Wildman–Crippen LogP) is 4.56. The Balaban J connectivity index is 1.49. The van der Waals surface area contributed by atoms with Crippen LogP contribution in [0.15, 0.2) is 78.0 Å². The van der Waals surface area contributed by atoms with Crippen LogP contribution >= 0.6 is 0 Å². The van der Waals surface area contributed by atoms with E-state index in [1.54, 1.807) is 12.1 Å². The fourth-order valence-electron chi connectivity index (χ4n) is 3.12. The first-order valence-corrected chi connectivity index (χ1v) is 10.8. The highest BCUT2D eigenvalue weighted by Gasteiger charge is 2.26. The van der Waals surface area contributed by atoms with Crippen LogP contribution in [0.1, 0.15) is 15.9 Å². The number of aryl methyl sites for hydroxylation is 1. The van der Waals surface area contributed by atoms with Gasteiger partial charge in [-0.1, -0.05) is 18.2 Å². The lowest BCUT2D eigenvalue weighted by molar-refractivity contribution is 0.102. The maximum absolute atomic E-state index is 12.6. The number of halogens is 2. The van der Waals surface area contributed by atoms with E-state index in [-0.39, 0.29) is 5.56 Å². The Kier molecular flexibility index (Phi) is 5.28. The normalized spacial score (nSPS) is 11.7. The van der Waals surface area contributed by atoms with Gasteiger partial charge in [0, 0.05) is 29.2 Å². The number of hydrogen-bond donors (Lipinski definition) is 1. The number of aromatic nitrogens is 2. The van der Waals surface area contributed by atoms with E-state index in [1.807, 2.05) is 48.0 Å². The van der Waals surface area contributed by atoms with Crippen LogP contribution in [0.4, 0.5) is 14.5 Å². The highest BCUT2D eigenvalue weighted by Crippen LogP contribution is 2.23. The van der Waals surface area contributed by atoms with Gasteiger partial charge in [0.2, 0.25) is 9.84 Å². The summed E-state index contributed by atoms with van der Waals surface area (Å²) in [5.74, 6) is -4.00. The molecule has 0 spiro atoms. The summed E-state index contributed by atoms with van der Waals surface area (Å²) in [7, 11) is -4.69. The fourth-order valence-corrected chi connectivity index (χ4v) is 3.84. The number of fused-ring (bicyclic) bond motifs is 1. The molecule has 1 amide bonds. The summed E-state index contributed by atoms with van der Waals surface area (Å²) in [5.41, 5.74) is 4.27. The van der Waals surface area contributed by atoms with Gasteiger partial charge in [-0.25, -0.2) is 13.4 Å². The molecular formula is C22H17F2N3O3S.